The van der Waals surface area contributed by atoms with E-state index in [-0.39, 0.29) is 17.7 Å². The van der Waals surface area contributed by atoms with Gasteiger partial charge in [0.05, 0.1) is 10.7 Å². The van der Waals surface area contributed by atoms with E-state index in [0.717, 1.165) is 49.9 Å². The number of carbonyl (C=O) groups is 2. The largest absolute Gasteiger partial charge is 0.368 e. The molecule has 1 aromatic rings. The van der Waals surface area contributed by atoms with Crippen LogP contribution in [-0.4, -0.2) is 49.4 Å². The molecule has 2 aliphatic rings. The van der Waals surface area contributed by atoms with Gasteiger partial charge in [-0.1, -0.05) is 23.2 Å². The van der Waals surface area contributed by atoms with E-state index in [4.69, 9.17) is 23.2 Å². The maximum absolute atomic E-state index is 11.8. The second kappa shape index (κ2) is 7.72. The van der Waals surface area contributed by atoms with Gasteiger partial charge in [-0.05, 0) is 37.6 Å². The number of rotatable bonds is 4. The number of piperidine rings is 1. The van der Waals surface area contributed by atoms with Crippen LogP contribution in [0.5, 0.6) is 0 Å². The van der Waals surface area contributed by atoms with Crippen molar-refractivity contribution in [2.75, 3.05) is 37.6 Å². The highest BCUT2D eigenvalue weighted by atomic mass is 35.5. The van der Waals surface area contributed by atoms with E-state index < -0.39 is 0 Å². The molecule has 130 valence electrons. The summed E-state index contributed by atoms with van der Waals surface area (Å²) in [4.78, 5) is 27.6. The Kier molecular flexibility index (Phi) is 5.64. The number of nitrogens with one attached hydrogen (secondary N) is 1. The smallest absolute Gasteiger partial charge is 0.229 e. The van der Waals surface area contributed by atoms with Crippen LogP contribution in [0, 0.1) is 5.92 Å². The topological polar surface area (TPSA) is 52.7 Å². The Morgan fingerprint density at radius 3 is 2.58 bits per heavy atom. The van der Waals surface area contributed by atoms with Crippen molar-refractivity contribution in [2.45, 2.75) is 19.3 Å². The molecule has 1 atom stereocenters. The van der Waals surface area contributed by atoms with Crippen molar-refractivity contribution in [1.82, 2.24) is 10.2 Å². The molecule has 2 fully saturated rings. The fourth-order valence-corrected chi connectivity index (χ4v) is 3.70. The van der Waals surface area contributed by atoms with Crippen molar-refractivity contribution >= 4 is 40.7 Å². The van der Waals surface area contributed by atoms with Gasteiger partial charge in [0.25, 0.3) is 0 Å². The minimum Gasteiger partial charge on any atom is -0.368 e. The number of hydrogen-bond donors (Lipinski definition) is 1. The molecule has 2 heterocycles. The first kappa shape index (κ1) is 17.5. The summed E-state index contributed by atoms with van der Waals surface area (Å²) in [6.45, 7) is 4.50. The van der Waals surface area contributed by atoms with Crippen molar-refractivity contribution in [1.29, 1.82) is 0 Å². The molecule has 0 aliphatic carbocycles. The Balaban J connectivity index is 1.48. The highest BCUT2D eigenvalue weighted by Gasteiger charge is 2.27. The minimum atomic E-state index is -0.150. The molecule has 3 rings (SSSR count). The van der Waals surface area contributed by atoms with Crippen LogP contribution in [-0.2, 0) is 9.59 Å². The van der Waals surface area contributed by atoms with E-state index in [1.807, 2.05) is 12.1 Å². The van der Waals surface area contributed by atoms with Crippen molar-refractivity contribution in [3.8, 4) is 0 Å². The molecule has 1 aromatic carbocycles. The van der Waals surface area contributed by atoms with Crippen LogP contribution in [0.1, 0.15) is 19.3 Å². The highest BCUT2D eigenvalue weighted by molar-refractivity contribution is 6.35. The number of piperazine rings is 1. The molecule has 0 aromatic heterocycles. The van der Waals surface area contributed by atoms with Gasteiger partial charge in [0.2, 0.25) is 11.8 Å². The van der Waals surface area contributed by atoms with Crippen molar-refractivity contribution in [3.63, 3.8) is 0 Å². The van der Waals surface area contributed by atoms with Gasteiger partial charge in [0.15, 0.2) is 0 Å². The lowest BCUT2D eigenvalue weighted by Gasteiger charge is -2.37. The van der Waals surface area contributed by atoms with Gasteiger partial charge in [0, 0.05) is 43.5 Å². The molecule has 0 radical (unpaired) electrons. The number of carbonyl (C=O) groups excluding carboxylic acids is 2. The van der Waals surface area contributed by atoms with Crippen LogP contribution in [0.4, 0.5) is 5.69 Å². The second-order valence-corrected chi connectivity index (χ2v) is 7.20. The van der Waals surface area contributed by atoms with Gasteiger partial charge in [-0.3, -0.25) is 19.8 Å². The summed E-state index contributed by atoms with van der Waals surface area (Å²) < 4.78 is 0. The van der Waals surface area contributed by atoms with Gasteiger partial charge >= 0.3 is 0 Å². The third-order valence-corrected chi connectivity index (χ3v) is 5.32. The Morgan fingerprint density at radius 2 is 1.88 bits per heavy atom. The van der Waals surface area contributed by atoms with E-state index in [0.29, 0.717) is 17.9 Å². The molecule has 2 amide bonds. The average Bonchev–Trinajstić information content (AvgIpc) is 2.57. The van der Waals surface area contributed by atoms with E-state index >= 15 is 0 Å². The summed E-state index contributed by atoms with van der Waals surface area (Å²) in [6.07, 6.45) is 1.93. The quantitative estimate of drug-likeness (QED) is 0.828. The summed E-state index contributed by atoms with van der Waals surface area (Å²) in [5.74, 6) is -0.304. The van der Waals surface area contributed by atoms with Crippen molar-refractivity contribution < 1.29 is 9.59 Å². The first-order chi connectivity index (χ1) is 11.5. The molecule has 1 unspecified atom stereocenters. The third kappa shape index (κ3) is 4.21. The molecule has 0 bridgehead atoms. The molecule has 0 spiro atoms. The summed E-state index contributed by atoms with van der Waals surface area (Å²) in [5.41, 5.74) is 0.981. The molecular formula is C17H21Cl2N3O2. The highest BCUT2D eigenvalue weighted by Crippen LogP contribution is 2.29. The molecule has 5 nitrogen and oxygen atoms in total. The second-order valence-electron chi connectivity index (χ2n) is 6.36. The Bertz CT molecular complexity index is 630. The van der Waals surface area contributed by atoms with Gasteiger partial charge in [0.1, 0.15) is 0 Å². The van der Waals surface area contributed by atoms with E-state index in [2.05, 4.69) is 15.1 Å². The zero-order valence-corrected chi connectivity index (χ0v) is 14.9. The number of benzene rings is 1. The van der Waals surface area contributed by atoms with Gasteiger partial charge in [-0.15, -0.1) is 0 Å². The van der Waals surface area contributed by atoms with E-state index in [1.165, 1.54) is 0 Å². The summed E-state index contributed by atoms with van der Waals surface area (Å²) in [6, 6.07) is 5.53. The molecule has 7 heteroatoms. The summed E-state index contributed by atoms with van der Waals surface area (Å²) >= 11 is 12.3. The lowest BCUT2D eigenvalue weighted by Crippen LogP contribution is -2.48. The number of halogens is 2. The SMILES string of the molecule is O=C1CCC(CCN2CCN(c3cc(Cl)ccc3Cl)CC2)C(=O)N1. The fourth-order valence-electron chi connectivity index (χ4n) is 3.29. The number of hydrogen-bond acceptors (Lipinski definition) is 4. The van der Waals surface area contributed by atoms with Crippen LogP contribution in [0.15, 0.2) is 18.2 Å². The van der Waals surface area contributed by atoms with Crippen LogP contribution in [0.3, 0.4) is 0 Å². The normalized spacial score (nSPS) is 22.6. The molecule has 2 aliphatic heterocycles. The molecular weight excluding hydrogens is 349 g/mol. The van der Waals surface area contributed by atoms with E-state index in [9.17, 15) is 9.59 Å². The lowest BCUT2D eigenvalue weighted by atomic mass is 9.94. The minimum absolute atomic E-state index is 0.0388. The molecule has 2 saturated heterocycles. The lowest BCUT2D eigenvalue weighted by molar-refractivity contribution is -0.136. The number of amides is 2. The standard InChI is InChI=1S/C17H21Cl2N3O2/c18-13-2-3-14(19)15(11-13)22-9-7-21(8-10-22)6-5-12-1-4-16(23)20-17(12)24/h2-3,11-12H,1,4-10H2,(H,20,23,24). The Labute approximate surface area is 151 Å². The zero-order chi connectivity index (χ0) is 17.1. The maximum atomic E-state index is 11.8. The van der Waals surface area contributed by atoms with Crippen molar-refractivity contribution in [2.24, 2.45) is 5.92 Å². The molecule has 24 heavy (non-hydrogen) atoms. The van der Waals surface area contributed by atoms with Gasteiger partial charge < -0.3 is 4.90 Å². The Morgan fingerprint density at radius 1 is 1.12 bits per heavy atom. The monoisotopic (exact) mass is 369 g/mol. The van der Waals surface area contributed by atoms with E-state index in [1.54, 1.807) is 6.07 Å². The van der Waals surface area contributed by atoms with Crippen LogP contribution >= 0.6 is 23.2 Å². The van der Waals surface area contributed by atoms with Gasteiger partial charge in [-0.2, -0.15) is 0 Å². The summed E-state index contributed by atoms with van der Waals surface area (Å²) in [7, 11) is 0. The van der Waals surface area contributed by atoms with Crippen LogP contribution < -0.4 is 10.2 Å². The summed E-state index contributed by atoms with van der Waals surface area (Å²) in [5, 5.41) is 3.83. The number of imide groups is 1. The first-order valence-electron chi connectivity index (χ1n) is 8.29. The molecule has 0 saturated carbocycles. The zero-order valence-electron chi connectivity index (χ0n) is 13.4. The molecule has 1 N–H and O–H groups in total. The number of nitrogens with zero attached hydrogens (tertiary/aromatic N) is 2. The number of anilines is 1. The third-order valence-electron chi connectivity index (χ3n) is 4.77. The fraction of sp³-hybridized carbons (Fsp3) is 0.529. The first-order valence-corrected chi connectivity index (χ1v) is 9.04. The predicted molar refractivity (Wildman–Crippen MR) is 95.6 cm³/mol. The van der Waals surface area contributed by atoms with Crippen LogP contribution in [0.2, 0.25) is 10.0 Å². The van der Waals surface area contributed by atoms with Gasteiger partial charge in [-0.25, -0.2) is 0 Å². The average molecular weight is 370 g/mol. The van der Waals surface area contributed by atoms with Crippen molar-refractivity contribution in [3.05, 3.63) is 28.2 Å². The maximum Gasteiger partial charge on any atom is 0.229 e. The Hall–Kier alpha value is -1.30. The predicted octanol–water partition coefficient (Wildman–Crippen LogP) is 2.56. The van der Waals surface area contributed by atoms with Crippen LogP contribution in [0.25, 0.3) is 0 Å².